The minimum atomic E-state index is 0.578. The third-order valence-corrected chi connectivity index (χ3v) is 1.62. The van der Waals surface area contributed by atoms with Crippen LogP contribution in [0.3, 0.4) is 0 Å². The molecule has 0 aliphatic heterocycles. The van der Waals surface area contributed by atoms with Crippen LogP contribution in [0.1, 0.15) is 13.3 Å². The van der Waals surface area contributed by atoms with Crippen LogP contribution in [-0.4, -0.2) is 30.1 Å². The van der Waals surface area contributed by atoms with E-state index in [-0.39, 0.29) is 0 Å². The van der Waals surface area contributed by atoms with E-state index in [4.69, 9.17) is 9.47 Å². The smallest absolute Gasteiger partial charge is 0.157 e. The Morgan fingerprint density at radius 2 is 2.31 bits per heavy atom. The van der Waals surface area contributed by atoms with Crippen molar-refractivity contribution in [2.75, 3.05) is 20.3 Å². The molecule has 0 spiro atoms. The number of aryl methyl sites for hydroxylation is 1. The lowest BCUT2D eigenvalue weighted by Gasteiger charge is -2.00. The number of hydrogen-bond acceptors (Lipinski definition) is 3. The van der Waals surface area contributed by atoms with Gasteiger partial charge in [0.1, 0.15) is 6.61 Å². The Hall–Kier alpha value is -1.03. The minimum absolute atomic E-state index is 0.578. The van der Waals surface area contributed by atoms with E-state index in [0.29, 0.717) is 13.2 Å². The Balaban J connectivity index is 2.31. The van der Waals surface area contributed by atoms with Crippen molar-refractivity contribution >= 4 is 0 Å². The molecule has 1 heterocycles. The fourth-order valence-electron chi connectivity index (χ4n) is 1.01. The van der Waals surface area contributed by atoms with Crippen molar-refractivity contribution in [1.29, 1.82) is 0 Å². The van der Waals surface area contributed by atoms with Gasteiger partial charge in [0.25, 0.3) is 0 Å². The molecule has 0 radical (unpaired) electrons. The molecule has 0 N–H and O–H groups in total. The third-order valence-electron chi connectivity index (χ3n) is 1.62. The van der Waals surface area contributed by atoms with Gasteiger partial charge in [-0.1, -0.05) is 6.92 Å². The molecule has 13 heavy (non-hydrogen) atoms. The highest BCUT2D eigenvalue weighted by Gasteiger charge is 1.97. The summed E-state index contributed by atoms with van der Waals surface area (Å²) in [6, 6.07) is 0. The molecule has 1 rings (SSSR count). The summed E-state index contributed by atoms with van der Waals surface area (Å²) in [6.07, 6.45) is 4.71. The average Bonchev–Trinajstić information content (AvgIpc) is 2.54. The highest BCUT2D eigenvalue weighted by atomic mass is 16.5. The second-order valence-corrected chi connectivity index (χ2v) is 2.78. The number of methoxy groups -OCH3 is 1. The van der Waals surface area contributed by atoms with Crippen molar-refractivity contribution in [2.24, 2.45) is 0 Å². The van der Waals surface area contributed by atoms with Gasteiger partial charge in [0.15, 0.2) is 5.75 Å². The normalized spacial score (nSPS) is 10.3. The van der Waals surface area contributed by atoms with Crippen LogP contribution >= 0.6 is 0 Å². The second-order valence-electron chi connectivity index (χ2n) is 2.78. The molecule has 0 fully saturated rings. The van der Waals surface area contributed by atoms with Gasteiger partial charge in [-0.2, -0.15) is 5.10 Å². The van der Waals surface area contributed by atoms with Gasteiger partial charge in [-0.25, -0.2) is 0 Å². The monoisotopic (exact) mass is 184 g/mol. The van der Waals surface area contributed by atoms with Crippen LogP contribution in [0, 0.1) is 0 Å². The zero-order chi connectivity index (χ0) is 9.52. The Kier molecular flexibility index (Phi) is 4.32. The Bertz CT molecular complexity index is 235. The van der Waals surface area contributed by atoms with Crippen LogP contribution in [0.4, 0.5) is 0 Å². The number of rotatable bonds is 6. The van der Waals surface area contributed by atoms with E-state index >= 15 is 0 Å². The Morgan fingerprint density at radius 3 is 3.00 bits per heavy atom. The van der Waals surface area contributed by atoms with E-state index in [1.807, 2.05) is 10.9 Å². The van der Waals surface area contributed by atoms with E-state index in [2.05, 4.69) is 12.0 Å². The molecular weight excluding hydrogens is 168 g/mol. The van der Waals surface area contributed by atoms with Gasteiger partial charge in [0.05, 0.1) is 19.0 Å². The van der Waals surface area contributed by atoms with Gasteiger partial charge in [-0.3, -0.25) is 4.68 Å². The number of aromatic nitrogens is 2. The van der Waals surface area contributed by atoms with Crippen LogP contribution in [0.2, 0.25) is 0 Å². The highest BCUT2D eigenvalue weighted by molar-refractivity contribution is 5.11. The average molecular weight is 184 g/mol. The largest absolute Gasteiger partial charge is 0.488 e. The first-order valence-electron chi connectivity index (χ1n) is 4.51. The summed E-state index contributed by atoms with van der Waals surface area (Å²) < 4.78 is 12.1. The molecule has 4 nitrogen and oxygen atoms in total. The van der Waals surface area contributed by atoms with E-state index in [1.54, 1.807) is 13.3 Å². The maximum Gasteiger partial charge on any atom is 0.157 e. The van der Waals surface area contributed by atoms with Crippen molar-refractivity contribution in [1.82, 2.24) is 9.78 Å². The molecule has 0 unspecified atom stereocenters. The zero-order valence-electron chi connectivity index (χ0n) is 8.19. The van der Waals surface area contributed by atoms with Crippen molar-refractivity contribution in [3.63, 3.8) is 0 Å². The first-order valence-corrected chi connectivity index (χ1v) is 4.51. The molecule has 0 saturated heterocycles. The summed E-state index contributed by atoms with van der Waals surface area (Å²) in [5.41, 5.74) is 0. The Morgan fingerprint density at radius 1 is 1.46 bits per heavy atom. The molecule has 4 heteroatoms. The third kappa shape index (κ3) is 3.46. The van der Waals surface area contributed by atoms with E-state index in [1.165, 1.54) is 0 Å². The van der Waals surface area contributed by atoms with E-state index in [0.717, 1.165) is 18.7 Å². The van der Waals surface area contributed by atoms with E-state index < -0.39 is 0 Å². The number of hydrogen-bond donors (Lipinski definition) is 0. The van der Waals surface area contributed by atoms with Crippen LogP contribution in [0.5, 0.6) is 5.75 Å². The highest BCUT2D eigenvalue weighted by Crippen LogP contribution is 2.07. The van der Waals surface area contributed by atoms with Crippen molar-refractivity contribution in [3.8, 4) is 5.75 Å². The first-order chi connectivity index (χ1) is 6.36. The predicted molar refractivity (Wildman–Crippen MR) is 49.9 cm³/mol. The van der Waals surface area contributed by atoms with Gasteiger partial charge >= 0.3 is 0 Å². The minimum Gasteiger partial charge on any atom is -0.488 e. The molecule has 0 saturated carbocycles. The van der Waals surface area contributed by atoms with Crippen LogP contribution < -0.4 is 4.74 Å². The zero-order valence-corrected chi connectivity index (χ0v) is 8.19. The molecule has 0 atom stereocenters. The molecular formula is C9H16N2O2. The molecule has 0 aliphatic rings. The maximum absolute atomic E-state index is 5.37. The van der Waals surface area contributed by atoms with Crippen LogP contribution in [-0.2, 0) is 11.3 Å². The van der Waals surface area contributed by atoms with E-state index in [9.17, 15) is 0 Å². The molecule has 74 valence electrons. The van der Waals surface area contributed by atoms with Crippen LogP contribution in [0.15, 0.2) is 12.4 Å². The van der Waals surface area contributed by atoms with Gasteiger partial charge in [-0.05, 0) is 6.42 Å². The van der Waals surface area contributed by atoms with Gasteiger partial charge < -0.3 is 9.47 Å². The lowest BCUT2D eigenvalue weighted by atomic mass is 10.5. The quantitative estimate of drug-likeness (QED) is 0.625. The lowest BCUT2D eigenvalue weighted by Crippen LogP contribution is -2.03. The summed E-state index contributed by atoms with van der Waals surface area (Å²) in [4.78, 5) is 0. The van der Waals surface area contributed by atoms with Crippen molar-refractivity contribution in [2.45, 2.75) is 19.9 Å². The lowest BCUT2D eigenvalue weighted by molar-refractivity contribution is 0.146. The van der Waals surface area contributed by atoms with Crippen molar-refractivity contribution < 1.29 is 9.47 Å². The predicted octanol–water partition coefficient (Wildman–Crippen LogP) is 1.32. The molecule has 0 aromatic carbocycles. The molecule has 0 aliphatic carbocycles. The second kappa shape index (κ2) is 5.59. The fourth-order valence-corrected chi connectivity index (χ4v) is 1.01. The standard InChI is InChI=1S/C9H16N2O2/c1-3-4-11-8-9(7-10-11)13-6-5-12-2/h7-8H,3-6H2,1-2H3. The van der Waals surface area contributed by atoms with Crippen molar-refractivity contribution in [3.05, 3.63) is 12.4 Å². The topological polar surface area (TPSA) is 36.3 Å². The molecule has 0 amide bonds. The summed E-state index contributed by atoms with van der Waals surface area (Å²) in [7, 11) is 1.66. The molecule has 1 aromatic rings. The summed E-state index contributed by atoms with van der Waals surface area (Å²) in [5.74, 6) is 0.811. The van der Waals surface area contributed by atoms with Crippen LogP contribution in [0.25, 0.3) is 0 Å². The van der Waals surface area contributed by atoms with Gasteiger partial charge in [0.2, 0.25) is 0 Å². The number of ether oxygens (including phenoxy) is 2. The van der Waals surface area contributed by atoms with Gasteiger partial charge in [-0.15, -0.1) is 0 Å². The molecule has 1 aromatic heterocycles. The SMILES string of the molecule is CCCn1cc(OCCOC)cn1. The summed E-state index contributed by atoms with van der Waals surface area (Å²) in [6.45, 7) is 4.24. The summed E-state index contributed by atoms with van der Waals surface area (Å²) >= 11 is 0. The first kappa shape index (κ1) is 10.1. The fraction of sp³-hybridized carbons (Fsp3) is 0.667. The van der Waals surface area contributed by atoms with Gasteiger partial charge in [0, 0.05) is 13.7 Å². The molecule has 0 bridgehead atoms. The Labute approximate surface area is 78.5 Å². The summed E-state index contributed by atoms with van der Waals surface area (Å²) in [5, 5.41) is 4.14. The maximum atomic E-state index is 5.37. The number of nitrogens with zero attached hydrogens (tertiary/aromatic N) is 2.